The summed E-state index contributed by atoms with van der Waals surface area (Å²) in [5, 5.41) is 20.0. The SMILES string of the molecule is OC1C(O)C2CC1[C@H]1Cc3ccccc3[C@@H]21. The Morgan fingerprint density at radius 2 is 1.69 bits per heavy atom. The quantitative estimate of drug-likeness (QED) is 0.686. The first kappa shape index (κ1) is 9.20. The van der Waals surface area contributed by atoms with E-state index in [-0.39, 0.29) is 0 Å². The van der Waals surface area contributed by atoms with Gasteiger partial charge in [0.2, 0.25) is 0 Å². The molecule has 1 aromatic rings. The van der Waals surface area contributed by atoms with Crippen LogP contribution in [0.15, 0.2) is 24.3 Å². The smallest absolute Gasteiger partial charge is 0.0836 e. The molecule has 0 heterocycles. The highest BCUT2D eigenvalue weighted by Crippen LogP contribution is 2.61. The fourth-order valence-corrected chi connectivity index (χ4v) is 4.51. The van der Waals surface area contributed by atoms with Crippen molar-refractivity contribution in [3.63, 3.8) is 0 Å². The minimum Gasteiger partial charge on any atom is -0.390 e. The van der Waals surface area contributed by atoms with Crippen molar-refractivity contribution in [3.8, 4) is 0 Å². The molecule has 3 aliphatic carbocycles. The molecule has 4 unspecified atom stereocenters. The first-order chi connectivity index (χ1) is 7.77. The van der Waals surface area contributed by atoms with Crippen LogP contribution in [0.2, 0.25) is 0 Å². The monoisotopic (exact) mass is 216 g/mol. The topological polar surface area (TPSA) is 40.5 Å². The molecule has 2 heteroatoms. The van der Waals surface area contributed by atoms with Crippen LogP contribution in [0.5, 0.6) is 0 Å². The largest absolute Gasteiger partial charge is 0.390 e. The van der Waals surface area contributed by atoms with Crippen molar-refractivity contribution >= 4 is 0 Å². The van der Waals surface area contributed by atoms with E-state index < -0.39 is 12.2 Å². The number of rotatable bonds is 0. The summed E-state index contributed by atoms with van der Waals surface area (Å²) in [6.07, 6.45) is 1.16. The predicted molar refractivity (Wildman–Crippen MR) is 60.0 cm³/mol. The Hall–Kier alpha value is -0.860. The molecular formula is C14H16O2. The summed E-state index contributed by atoms with van der Waals surface area (Å²) >= 11 is 0. The van der Waals surface area contributed by atoms with E-state index in [4.69, 9.17) is 0 Å². The van der Waals surface area contributed by atoms with Gasteiger partial charge in [0, 0.05) is 0 Å². The van der Waals surface area contributed by atoms with Crippen molar-refractivity contribution in [2.24, 2.45) is 17.8 Å². The van der Waals surface area contributed by atoms with E-state index in [0.29, 0.717) is 23.7 Å². The molecule has 0 aliphatic heterocycles. The van der Waals surface area contributed by atoms with Crippen LogP contribution in [0.1, 0.15) is 23.5 Å². The average molecular weight is 216 g/mol. The summed E-state index contributed by atoms with van der Waals surface area (Å²) in [6.45, 7) is 0. The molecule has 2 fully saturated rings. The maximum Gasteiger partial charge on any atom is 0.0836 e. The van der Waals surface area contributed by atoms with Gasteiger partial charge in [-0.3, -0.25) is 0 Å². The van der Waals surface area contributed by atoms with Crippen molar-refractivity contribution in [2.45, 2.75) is 31.0 Å². The Balaban J connectivity index is 1.81. The van der Waals surface area contributed by atoms with Gasteiger partial charge in [0.05, 0.1) is 12.2 Å². The van der Waals surface area contributed by atoms with E-state index in [2.05, 4.69) is 24.3 Å². The van der Waals surface area contributed by atoms with E-state index in [0.717, 1.165) is 12.8 Å². The van der Waals surface area contributed by atoms with Gasteiger partial charge in [0.1, 0.15) is 0 Å². The zero-order valence-electron chi connectivity index (χ0n) is 9.08. The Kier molecular flexibility index (Phi) is 1.65. The maximum absolute atomic E-state index is 10.0. The van der Waals surface area contributed by atoms with Gasteiger partial charge < -0.3 is 10.2 Å². The van der Waals surface area contributed by atoms with Crippen LogP contribution in [0, 0.1) is 17.8 Å². The number of fused-ring (bicyclic) bond motifs is 7. The molecule has 0 aromatic heterocycles. The molecule has 1 aromatic carbocycles. The van der Waals surface area contributed by atoms with Crippen LogP contribution in [0.25, 0.3) is 0 Å². The number of hydrogen-bond donors (Lipinski definition) is 2. The molecule has 2 bridgehead atoms. The Labute approximate surface area is 94.9 Å². The van der Waals surface area contributed by atoms with Crippen molar-refractivity contribution < 1.29 is 10.2 Å². The zero-order chi connectivity index (χ0) is 10.9. The van der Waals surface area contributed by atoms with Crippen LogP contribution in [-0.2, 0) is 6.42 Å². The van der Waals surface area contributed by atoms with Gasteiger partial charge in [0.25, 0.3) is 0 Å². The van der Waals surface area contributed by atoms with E-state index in [1.807, 2.05) is 0 Å². The summed E-state index contributed by atoms with van der Waals surface area (Å²) in [7, 11) is 0. The average Bonchev–Trinajstić information content (AvgIpc) is 2.90. The Morgan fingerprint density at radius 1 is 0.938 bits per heavy atom. The van der Waals surface area contributed by atoms with Crippen LogP contribution in [-0.4, -0.2) is 22.4 Å². The molecule has 6 atom stereocenters. The highest BCUT2D eigenvalue weighted by Gasteiger charge is 2.59. The first-order valence-electron chi connectivity index (χ1n) is 6.21. The maximum atomic E-state index is 10.0. The van der Waals surface area contributed by atoms with E-state index in [1.165, 1.54) is 11.1 Å². The second-order valence-corrected chi connectivity index (χ2v) is 5.64. The zero-order valence-corrected chi connectivity index (χ0v) is 9.08. The highest BCUT2D eigenvalue weighted by atomic mass is 16.3. The molecule has 4 rings (SSSR count). The molecule has 0 saturated heterocycles. The summed E-state index contributed by atoms with van der Waals surface area (Å²) in [4.78, 5) is 0. The van der Waals surface area contributed by atoms with Crippen LogP contribution in [0.3, 0.4) is 0 Å². The molecule has 2 nitrogen and oxygen atoms in total. The molecular weight excluding hydrogens is 200 g/mol. The summed E-state index contributed by atoms with van der Waals surface area (Å²) < 4.78 is 0. The summed E-state index contributed by atoms with van der Waals surface area (Å²) in [6, 6.07) is 8.59. The normalized spacial score (nSPS) is 48.1. The van der Waals surface area contributed by atoms with Gasteiger partial charge in [-0.1, -0.05) is 24.3 Å². The van der Waals surface area contributed by atoms with Crippen LogP contribution < -0.4 is 0 Å². The molecule has 2 saturated carbocycles. The van der Waals surface area contributed by atoms with Crippen LogP contribution >= 0.6 is 0 Å². The first-order valence-corrected chi connectivity index (χ1v) is 6.21. The molecule has 2 N–H and O–H groups in total. The van der Waals surface area contributed by atoms with E-state index in [9.17, 15) is 10.2 Å². The third kappa shape index (κ3) is 0.910. The van der Waals surface area contributed by atoms with Gasteiger partial charge >= 0.3 is 0 Å². The third-order valence-corrected chi connectivity index (χ3v) is 5.11. The van der Waals surface area contributed by atoms with Gasteiger partial charge in [0.15, 0.2) is 0 Å². The van der Waals surface area contributed by atoms with E-state index >= 15 is 0 Å². The number of aliphatic hydroxyl groups excluding tert-OH is 2. The second kappa shape index (κ2) is 2.88. The molecule has 0 amide bonds. The standard InChI is InChI=1S/C14H16O2/c15-13-10-6-11(14(13)16)12-8-4-2-1-3-7(8)5-9(10)12/h1-4,9-16H,5-6H2/t9-,10?,11?,12-,13?,14?/m1/s1. The minimum atomic E-state index is -0.489. The van der Waals surface area contributed by atoms with Crippen molar-refractivity contribution in [1.82, 2.24) is 0 Å². The number of benzene rings is 1. The lowest BCUT2D eigenvalue weighted by Gasteiger charge is -2.32. The summed E-state index contributed by atoms with van der Waals surface area (Å²) in [5.41, 5.74) is 2.87. The van der Waals surface area contributed by atoms with Gasteiger partial charge in [-0.05, 0) is 47.6 Å². The lowest BCUT2D eigenvalue weighted by Crippen LogP contribution is -2.39. The van der Waals surface area contributed by atoms with Crippen molar-refractivity contribution in [3.05, 3.63) is 35.4 Å². The predicted octanol–water partition coefficient (Wildman–Crippen LogP) is 1.31. The fourth-order valence-electron chi connectivity index (χ4n) is 4.51. The second-order valence-electron chi connectivity index (χ2n) is 5.64. The molecule has 0 spiro atoms. The third-order valence-electron chi connectivity index (χ3n) is 5.11. The molecule has 84 valence electrons. The van der Waals surface area contributed by atoms with Crippen molar-refractivity contribution in [1.29, 1.82) is 0 Å². The van der Waals surface area contributed by atoms with Gasteiger partial charge in [-0.15, -0.1) is 0 Å². The van der Waals surface area contributed by atoms with Gasteiger partial charge in [-0.2, -0.15) is 0 Å². The molecule has 3 aliphatic rings. The lowest BCUT2D eigenvalue weighted by molar-refractivity contribution is -0.0391. The lowest BCUT2D eigenvalue weighted by atomic mass is 9.77. The Bertz CT molecular complexity index is 440. The Morgan fingerprint density at radius 3 is 2.56 bits per heavy atom. The fraction of sp³-hybridized carbons (Fsp3) is 0.571. The number of hydrogen-bond acceptors (Lipinski definition) is 2. The summed E-state index contributed by atoms with van der Waals surface area (Å²) in [5.74, 6) is 1.73. The number of aliphatic hydroxyl groups is 2. The van der Waals surface area contributed by atoms with E-state index in [1.54, 1.807) is 0 Å². The molecule has 0 radical (unpaired) electrons. The minimum absolute atomic E-state index is 0.300. The van der Waals surface area contributed by atoms with Crippen LogP contribution in [0.4, 0.5) is 0 Å². The van der Waals surface area contributed by atoms with Crippen molar-refractivity contribution in [2.75, 3.05) is 0 Å². The highest BCUT2D eigenvalue weighted by molar-refractivity contribution is 5.40. The van der Waals surface area contributed by atoms with Gasteiger partial charge in [-0.25, -0.2) is 0 Å². The molecule has 16 heavy (non-hydrogen) atoms.